The Balaban J connectivity index is 2.49. The van der Waals surface area contributed by atoms with Gasteiger partial charge in [-0.2, -0.15) is 0 Å². The van der Waals surface area contributed by atoms with Crippen LogP contribution in [0.25, 0.3) is 0 Å². The van der Waals surface area contributed by atoms with E-state index >= 15 is 0 Å². The van der Waals surface area contributed by atoms with Crippen LogP contribution in [0.2, 0.25) is 0 Å². The van der Waals surface area contributed by atoms with Crippen molar-refractivity contribution in [1.82, 2.24) is 5.32 Å². The minimum Gasteiger partial charge on any atom is -0.494 e. The number of methoxy groups -OCH3 is 1. The Bertz CT molecular complexity index is 443. The van der Waals surface area contributed by atoms with Gasteiger partial charge in [0.05, 0.1) is 6.61 Å². The zero-order valence-corrected chi connectivity index (χ0v) is 11.6. The third-order valence-corrected chi connectivity index (χ3v) is 2.60. The molecule has 0 saturated carbocycles. The van der Waals surface area contributed by atoms with Gasteiger partial charge >= 0.3 is 5.97 Å². The smallest absolute Gasteiger partial charge is 0.325 e. The summed E-state index contributed by atoms with van der Waals surface area (Å²) >= 11 is 0. The molecule has 6 heteroatoms. The summed E-state index contributed by atoms with van der Waals surface area (Å²) in [6.07, 6.45) is 0.787. The molecule has 0 radical (unpaired) electrons. The number of hydrogen-bond acceptors (Lipinski definition) is 4. The van der Waals surface area contributed by atoms with Crippen LogP contribution < -0.4 is 10.1 Å². The number of carbonyl (C=O) groups is 2. The molecule has 20 heavy (non-hydrogen) atoms. The van der Waals surface area contributed by atoms with Crippen molar-refractivity contribution in [1.29, 1.82) is 0 Å². The third kappa shape index (κ3) is 5.27. The Morgan fingerprint density at radius 1 is 1.25 bits per heavy atom. The highest BCUT2D eigenvalue weighted by Gasteiger charge is 2.14. The summed E-state index contributed by atoms with van der Waals surface area (Å²) in [6, 6.07) is 5.61. The zero-order valence-electron chi connectivity index (χ0n) is 11.6. The normalized spacial score (nSPS) is 11.7. The number of rotatable bonds is 8. The number of amides is 1. The van der Waals surface area contributed by atoms with Gasteiger partial charge in [0.15, 0.2) is 0 Å². The van der Waals surface area contributed by atoms with Crippen molar-refractivity contribution in [2.75, 3.05) is 20.3 Å². The van der Waals surface area contributed by atoms with E-state index in [0.29, 0.717) is 24.5 Å². The van der Waals surface area contributed by atoms with Crippen molar-refractivity contribution < 1.29 is 24.2 Å². The predicted octanol–water partition coefficient (Wildman–Crippen LogP) is 1.30. The molecule has 0 heterocycles. The number of carboxylic acids is 1. The molecule has 0 aliphatic heterocycles. The first kappa shape index (κ1) is 16.0. The molecule has 0 saturated heterocycles. The molecule has 0 aliphatic rings. The molecule has 0 bridgehead atoms. The summed E-state index contributed by atoms with van der Waals surface area (Å²) in [5, 5.41) is 11.1. The second kappa shape index (κ2) is 8.16. The number of hydrogen-bond donors (Lipinski definition) is 2. The molecule has 1 amide bonds. The van der Waals surface area contributed by atoms with Crippen molar-refractivity contribution in [3.63, 3.8) is 0 Å². The zero-order chi connectivity index (χ0) is 15.0. The van der Waals surface area contributed by atoms with E-state index < -0.39 is 17.9 Å². The lowest BCUT2D eigenvalue weighted by Gasteiger charge is -2.10. The van der Waals surface area contributed by atoms with E-state index in [1.54, 1.807) is 31.4 Å². The second-order valence-electron chi connectivity index (χ2n) is 4.25. The fourth-order valence-corrected chi connectivity index (χ4v) is 1.44. The molecule has 1 rings (SSSR count). The lowest BCUT2D eigenvalue weighted by molar-refractivity contribution is -0.138. The topological polar surface area (TPSA) is 84.9 Å². The minimum atomic E-state index is -1.07. The van der Waals surface area contributed by atoms with Crippen molar-refractivity contribution >= 4 is 11.9 Å². The summed E-state index contributed by atoms with van der Waals surface area (Å²) in [4.78, 5) is 22.4. The summed E-state index contributed by atoms with van der Waals surface area (Å²) in [6.45, 7) is 2.58. The van der Waals surface area contributed by atoms with E-state index in [9.17, 15) is 9.59 Å². The monoisotopic (exact) mass is 281 g/mol. The predicted molar refractivity (Wildman–Crippen MR) is 73.0 cm³/mol. The van der Waals surface area contributed by atoms with Crippen molar-refractivity contribution in [3.05, 3.63) is 29.8 Å². The summed E-state index contributed by atoms with van der Waals surface area (Å²) in [5.74, 6) is -0.841. The molecular formula is C14H19NO5. The van der Waals surface area contributed by atoms with Crippen LogP contribution in [0, 0.1) is 0 Å². The Kier molecular flexibility index (Phi) is 6.52. The van der Waals surface area contributed by atoms with E-state index in [1.165, 1.54) is 6.92 Å². The molecule has 0 spiro atoms. The number of benzene rings is 1. The van der Waals surface area contributed by atoms with E-state index in [0.717, 1.165) is 6.42 Å². The largest absolute Gasteiger partial charge is 0.494 e. The third-order valence-electron chi connectivity index (χ3n) is 2.60. The summed E-state index contributed by atoms with van der Waals surface area (Å²) in [5.41, 5.74) is 0.391. The summed E-state index contributed by atoms with van der Waals surface area (Å²) < 4.78 is 10.4. The van der Waals surface area contributed by atoms with E-state index in [-0.39, 0.29) is 0 Å². The average molecular weight is 281 g/mol. The molecule has 110 valence electrons. The molecular weight excluding hydrogens is 262 g/mol. The molecule has 2 N–H and O–H groups in total. The number of aliphatic carboxylic acids is 1. The van der Waals surface area contributed by atoms with Gasteiger partial charge in [-0.15, -0.1) is 0 Å². The van der Waals surface area contributed by atoms with E-state index in [2.05, 4.69) is 5.32 Å². The van der Waals surface area contributed by atoms with Crippen LogP contribution in [-0.2, 0) is 9.53 Å². The quantitative estimate of drug-likeness (QED) is 0.702. The fourth-order valence-electron chi connectivity index (χ4n) is 1.44. The van der Waals surface area contributed by atoms with Gasteiger partial charge in [-0.05, 0) is 31.2 Å². The van der Waals surface area contributed by atoms with Crippen LogP contribution in [-0.4, -0.2) is 43.3 Å². The number of carboxylic acid groups (broad SMARTS) is 1. The first-order chi connectivity index (χ1) is 9.54. The fraction of sp³-hybridized carbons (Fsp3) is 0.429. The van der Waals surface area contributed by atoms with Gasteiger partial charge in [-0.3, -0.25) is 9.59 Å². The minimum absolute atomic E-state index is 0.391. The van der Waals surface area contributed by atoms with Crippen LogP contribution >= 0.6 is 0 Å². The van der Waals surface area contributed by atoms with Crippen LogP contribution in [0.1, 0.15) is 23.7 Å². The molecule has 1 atom stereocenters. The van der Waals surface area contributed by atoms with E-state index in [4.69, 9.17) is 14.6 Å². The maximum Gasteiger partial charge on any atom is 0.325 e. The van der Waals surface area contributed by atoms with Crippen molar-refractivity contribution in [3.8, 4) is 5.75 Å². The van der Waals surface area contributed by atoms with Crippen LogP contribution in [0.5, 0.6) is 5.75 Å². The van der Waals surface area contributed by atoms with Gasteiger partial charge in [0, 0.05) is 25.7 Å². The van der Waals surface area contributed by atoms with Crippen molar-refractivity contribution in [2.45, 2.75) is 19.4 Å². The van der Waals surface area contributed by atoms with Crippen molar-refractivity contribution in [2.24, 2.45) is 0 Å². The first-order valence-corrected chi connectivity index (χ1v) is 6.30. The Morgan fingerprint density at radius 3 is 2.45 bits per heavy atom. The lowest BCUT2D eigenvalue weighted by atomic mass is 10.2. The highest BCUT2D eigenvalue weighted by atomic mass is 16.5. The standard InChI is InChI=1S/C14H19NO5/c1-10(14(17)18)15-13(16)11-4-6-12(7-5-11)20-9-3-8-19-2/h4-7,10H,3,8-9H2,1-2H3,(H,15,16)(H,17,18)/t10-/m1/s1. The van der Waals surface area contributed by atoms with E-state index in [1.807, 2.05) is 0 Å². The molecule has 6 nitrogen and oxygen atoms in total. The molecule has 0 unspecified atom stereocenters. The van der Waals surface area contributed by atoms with Crippen LogP contribution in [0.4, 0.5) is 0 Å². The molecule has 0 fully saturated rings. The number of ether oxygens (including phenoxy) is 2. The molecule has 0 aliphatic carbocycles. The maximum absolute atomic E-state index is 11.7. The molecule has 0 aromatic heterocycles. The summed E-state index contributed by atoms with van der Waals surface area (Å²) in [7, 11) is 1.63. The number of carbonyl (C=O) groups excluding carboxylic acids is 1. The maximum atomic E-state index is 11.7. The second-order valence-corrected chi connectivity index (χ2v) is 4.25. The average Bonchev–Trinajstić information content (AvgIpc) is 2.44. The van der Waals surface area contributed by atoms with Gasteiger partial charge in [0.1, 0.15) is 11.8 Å². The van der Waals surface area contributed by atoms with Gasteiger partial charge in [0.25, 0.3) is 5.91 Å². The highest BCUT2D eigenvalue weighted by molar-refractivity contribution is 5.96. The van der Waals surface area contributed by atoms with Gasteiger partial charge in [-0.25, -0.2) is 0 Å². The molecule has 1 aromatic rings. The Hall–Kier alpha value is -2.08. The number of nitrogens with one attached hydrogen (secondary N) is 1. The van der Waals surface area contributed by atoms with Gasteiger partial charge in [0.2, 0.25) is 0 Å². The van der Waals surface area contributed by atoms with Gasteiger partial charge < -0.3 is 19.9 Å². The lowest BCUT2D eigenvalue weighted by Crippen LogP contribution is -2.38. The van der Waals surface area contributed by atoms with Gasteiger partial charge in [-0.1, -0.05) is 0 Å². The first-order valence-electron chi connectivity index (χ1n) is 6.30. The Morgan fingerprint density at radius 2 is 1.90 bits per heavy atom. The highest BCUT2D eigenvalue weighted by Crippen LogP contribution is 2.12. The SMILES string of the molecule is COCCCOc1ccc(C(=O)N[C@H](C)C(=O)O)cc1. The molecule has 1 aromatic carbocycles. The van der Waals surface area contributed by atoms with Crippen LogP contribution in [0.3, 0.4) is 0 Å². The Labute approximate surface area is 117 Å². The van der Waals surface area contributed by atoms with Crippen LogP contribution in [0.15, 0.2) is 24.3 Å².